The van der Waals surface area contributed by atoms with Gasteiger partial charge in [0.25, 0.3) is 0 Å². The van der Waals surface area contributed by atoms with E-state index < -0.39 is 10.7 Å². The van der Waals surface area contributed by atoms with Crippen molar-refractivity contribution in [1.82, 2.24) is 4.98 Å². The maximum atomic E-state index is 10.8. The standard InChI is InChI=1S/C13H14NO4S/c1-9-13(17-12(14-9)7-8-15)10-3-5-11(6-4-10)18-19(2)16/h3-6,15H,2,7-8H2,1H3/q-1. The molecule has 5 nitrogen and oxygen atoms in total. The van der Waals surface area contributed by atoms with E-state index in [0.29, 0.717) is 23.8 Å². The minimum atomic E-state index is -1.58. The average molecular weight is 280 g/mol. The van der Waals surface area contributed by atoms with Gasteiger partial charge in [0.05, 0.1) is 18.1 Å². The Kier molecular flexibility index (Phi) is 4.24. The molecule has 1 N–H and O–H groups in total. The first-order chi connectivity index (χ1) is 9.10. The number of aryl methyl sites for hydroxylation is 1. The fourth-order valence-corrected chi connectivity index (χ4v) is 2.02. The molecule has 0 fully saturated rings. The van der Waals surface area contributed by atoms with Crippen molar-refractivity contribution in [1.29, 1.82) is 0 Å². The van der Waals surface area contributed by atoms with Crippen molar-refractivity contribution in [2.75, 3.05) is 6.61 Å². The lowest BCUT2D eigenvalue weighted by atomic mass is 10.1. The summed E-state index contributed by atoms with van der Waals surface area (Å²) in [5, 5.41) is 8.86. The Morgan fingerprint density at radius 3 is 2.68 bits per heavy atom. The summed E-state index contributed by atoms with van der Waals surface area (Å²) in [5.41, 5.74) is 1.61. The molecule has 1 heterocycles. The van der Waals surface area contributed by atoms with Crippen LogP contribution < -0.4 is 4.18 Å². The Balaban J connectivity index is 2.26. The number of benzene rings is 1. The summed E-state index contributed by atoms with van der Waals surface area (Å²) in [6.45, 7) is 1.84. The van der Waals surface area contributed by atoms with Gasteiger partial charge in [-0.1, -0.05) is 0 Å². The van der Waals surface area contributed by atoms with Gasteiger partial charge in [-0.2, -0.15) is 5.87 Å². The predicted molar refractivity (Wildman–Crippen MR) is 73.3 cm³/mol. The fraction of sp³-hybridized carbons (Fsp3) is 0.231. The summed E-state index contributed by atoms with van der Waals surface area (Å²) < 4.78 is 21.4. The van der Waals surface area contributed by atoms with Crippen molar-refractivity contribution in [3.05, 3.63) is 35.9 Å². The quantitative estimate of drug-likeness (QED) is 0.668. The summed E-state index contributed by atoms with van der Waals surface area (Å²) in [7, 11) is -1.58. The van der Waals surface area contributed by atoms with Crippen LogP contribution in [0.15, 0.2) is 28.7 Å². The van der Waals surface area contributed by atoms with Crippen LogP contribution >= 0.6 is 0 Å². The summed E-state index contributed by atoms with van der Waals surface area (Å²) in [6, 6.07) is 6.95. The van der Waals surface area contributed by atoms with Gasteiger partial charge in [-0.3, -0.25) is 0 Å². The van der Waals surface area contributed by atoms with Crippen LogP contribution in [0.1, 0.15) is 11.6 Å². The molecule has 1 aromatic carbocycles. The largest absolute Gasteiger partial charge is 0.561 e. The number of hydrogen-bond donors (Lipinski definition) is 1. The molecule has 19 heavy (non-hydrogen) atoms. The SMILES string of the molecule is C=[S-](=O)Oc1ccc(-c2oc(CCO)nc2C)cc1. The van der Waals surface area contributed by atoms with Crippen LogP contribution in [0.2, 0.25) is 0 Å². The Morgan fingerprint density at radius 1 is 1.42 bits per heavy atom. The smallest absolute Gasteiger partial charge is 0.197 e. The molecule has 0 aliphatic rings. The van der Waals surface area contributed by atoms with Crippen LogP contribution in [0.4, 0.5) is 0 Å². The lowest BCUT2D eigenvalue weighted by Crippen LogP contribution is -1.89. The van der Waals surface area contributed by atoms with Gasteiger partial charge >= 0.3 is 0 Å². The number of aliphatic hydroxyl groups is 1. The van der Waals surface area contributed by atoms with E-state index in [0.717, 1.165) is 11.3 Å². The Morgan fingerprint density at radius 2 is 2.11 bits per heavy atom. The molecule has 0 aliphatic carbocycles. The second-order valence-corrected chi connectivity index (χ2v) is 4.68. The number of hydrogen-bond acceptors (Lipinski definition) is 6. The number of aromatic nitrogens is 1. The third kappa shape index (κ3) is 3.36. The molecular formula is C13H14NO4S-. The van der Waals surface area contributed by atoms with Gasteiger partial charge in [0.2, 0.25) is 0 Å². The lowest BCUT2D eigenvalue weighted by Gasteiger charge is -2.08. The maximum absolute atomic E-state index is 10.8. The van der Waals surface area contributed by atoms with E-state index in [4.69, 9.17) is 13.7 Å². The number of oxazole rings is 1. The van der Waals surface area contributed by atoms with Gasteiger partial charge in [0, 0.05) is 12.0 Å². The van der Waals surface area contributed by atoms with Crippen LogP contribution in [-0.4, -0.2) is 22.6 Å². The van der Waals surface area contributed by atoms with Crippen molar-refractivity contribution in [3.63, 3.8) is 0 Å². The van der Waals surface area contributed by atoms with Crippen molar-refractivity contribution in [3.8, 4) is 17.1 Å². The molecule has 0 spiro atoms. The highest BCUT2D eigenvalue weighted by molar-refractivity contribution is 7.77. The van der Waals surface area contributed by atoms with Crippen LogP contribution in [0.25, 0.3) is 11.3 Å². The van der Waals surface area contributed by atoms with Crippen LogP contribution in [0, 0.1) is 6.92 Å². The van der Waals surface area contributed by atoms with E-state index in [2.05, 4.69) is 10.9 Å². The van der Waals surface area contributed by atoms with E-state index in [1.165, 1.54) is 0 Å². The molecule has 0 saturated heterocycles. The lowest BCUT2D eigenvalue weighted by molar-refractivity contribution is 0.285. The zero-order valence-electron chi connectivity index (χ0n) is 10.5. The maximum Gasteiger partial charge on any atom is 0.197 e. The van der Waals surface area contributed by atoms with Crippen LogP contribution in [-0.2, 0) is 21.3 Å². The molecule has 0 amide bonds. The van der Waals surface area contributed by atoms with Gasteiger partial charge in [-0.15, -0.1) is 10.7 Å². The summed E-state index contributed by atoms with van der Waals surface area (Å²) >= 11 is 0. The van der Waals surface area contributed by atoms with Crippen molar-refractivity contribution < 1.29 is 17.9 Å². The number of nitrogens with zero attached hydrogens (tertiary/aromatic N) is 1. The fourth-order valence-electron chi connectivity index (χ4n) is 1.69. The Labute approximate surface area is 113 Å². The van der Waals surface area contributed by atoms with Crippen molar-refractivity contribution >= 4 is 16.5 Å². The molecule has 0 atom stereocenters. The monoisotopic (exact) mass is 280 g/mol. The van der Waals surface area contributed by atoms with Crippen LogP contribution in [0.5, 0.6) is 5.75 Å². The minimum Gasteiger partial charge on any atom is -0.561 e. The Bertz CT molecular complexity index is 621. The zero-order chi connectivity index (χ0) is 13.8. The normalized spacial score (nSPS) is 10.9. The second-order valence-electron chi connectivity index (χ2n) is 3.91. The minimum absolute atomic E-state index is 0.00147. The zero-order valence-corrected chi connectivity index (χ0v) is 11.3. The van der Waals surface area contributed by atoms with Crippen LogP contribution in [0.3, 0.4) is 0 Å². The van der Waals surface area contributed by atoms with Gasteiger partial charge < -0.3 is 17.9 Å². The third-order valence-corrected chi connectivity index (χ3v) is 2.85. The Hall–Kier alpha value is -1.79. The molecule has 102 valence electrons. The summed E-state index contributed by atoms with van der Waals surface area (Å²) in [4.78, 5) is 4.23. The molecule has 2 aromatic rings. The first-order valence-corrected chi connectivity index (χ1v) is 6.92. The van der Waals surface area contributed by atoms with Gasteiger partial charge in [-0.25, -0.2) is 4.98 Å². The molecule has 1 aromatic heterocycles. The van der Waals surface area contributed by atoms with E-state index >= 15 is 0 Å². The highest BCUT2D eigenvalue weighted by Gasteiger charge is 2.11. The topological polar surface area (TPSA) is 72.6 Å². The number of aliphatic hydroxyl groups excluding tert-OH is 1. The van der Waals surface area contributed by atoms with Crippen molar-refractivity contribution in [2.45, 2.75) is 13.3 Å². The predicted octanol–water partition coefficient (Wildman–Crippen LogP) is 1.87. The van der Waals surface area contributed by atoms with E-state index in [1.54, 1.807) is 24.3 Å². The molecule has 0 unspecified atom stereocenters. The van der Waals surface area contributed by atoms with Crippen molar-refractivity contribution in [2.24, 2.45) is 0 Å². The van der Waals surface area contributed by atoms with Gasteiger partial charge in [0.1, 0.15) is 0 Å². The highest BCUT2D eigenvalue weighted by Crippen LogP contribution is 2.26. The summed E-state index contributed by atoms with van der Waals surface area (Å²) in [6.07, 6.45) is 0.391. The third-order valence-electron chi connectivity index (χ3n) is 2.47. The molecule has 2 rings (SSSR count). The van der Waals surface area contributed by atoms with E-state index in [1.807, 2.05) is 6.92 Å². The molecule has 0 aliphatic heterocycles. The average Bonchev–Trinajstić information content (AvgIpc) is 2.71. The first-order valence-electron chi connectivity index (χ1n) is 5.67. The second kappa shape index (κ2) is 5.90. The molecule has 0 saturated carbocycles. The highest BCUT2D eigenvalue weighted by atomic mass is 32.2. The van der Waals surface area contributed by atoms with Gasteiger partial charge in [-0.05, 0) is 31.2 Å². The van der Waals surface area contributed by atoms with Gasteiger partial charge in [0.15, 0.2) is 11.7 Å². The van der Waals surface area contributed by atoms with E-state index in [-0.39, 0.29) is 6.61 Å². The number of rotatable bonds is 5. The molecule has 6 heteroatoms. The summed E-state index contributed by atoms with van der Waals surface area (Å²) in [5.74, 6) is 4.89. The first kappa shape index (κ1) is 13.6. The molecular weight excluding hydrogens is 266 g/mol. The molecule has 0 bridgehead atoms. The molecule has 0 radical (unpaired) electrons. The van der Waals surface area contributed by atoms with E-state index in [9.17, 15) is 4.21 Å².